The summed E-state index contributed by atoms with van der Waals surface area (Å²) >= 11 is 5.18. The summed E-state index contributed by atoms with van der Waals surface area (Å²) in [6.07, 6.45) is 6.46. The van der Waals surface area contributed by atoms with Crippen LogP contribution in [0.1, 0.15) is 52.4 Å². The van der Waals surface area contributed by atoms with Gasteiger partial charge in [0.05, 0.1) is 0 Å². The fourth-order valence-corrected chi connectivity index (χ4v) is 2.65. The zero-order valence-electron chi connectivity index (χ0n) is 12.3. The lowest BCUT2D eigenvalue weighted by atomic mass is 10.0. The summed E-state index contributed by atoms with van der Waals surface area (Å²) in [6.45, 7) is 4.62. The van der Waals surface area contributed by atoms with E-state index in [-0.39, 0.29) is 12.1 Å². The van der Waals surface area contributed by atoms with Crippen LogP contribution < -0.4 is 5.32 Å². The molecule has 0 spiro atoms. The summed E-state index contributed by atoms with van der Waals surface area (Å²) in [6, 6.07) is 0.390. The topological polar surface area (TPSA) is 41.6 Å². The summed E-state index contributed by atoms with van der Waals surface area (Å²) < 4.78 is 5.40. The van der Waals surface area contributed by atoms with Crippen molar-refractivity contribution in [2.45, 2.75) is 64.5 Å². The molecule has 0 radical (unpaired) electrons. The van der Waals surface area contributed by atoms with E-state index < -0.39 is 0 Å². The fourth-order valence-electron chi connectivity index (χ4n) is 2.41. The number of rotatable bonds is 8. The third kappa shape index (κ3) is 6.23. The van der Waals surface area contributed by atoms with Crippen LogP contribution in [0.2, 0.25) is 0 Å². The average Bonchev–Trinajstić information content (AvgIpc) is 2.65. The number of nitrogens with zero attached hydrogens (tertiary/aromatic N) is 1. The minimum absolute atomic E-state index is 0.0605. The minimum atomic E-state index is -0.173. The zero-order valence-corrected chi connectivity index (χ0v) is 13.1. The average molecular weight is 286 g/mol. The van der Waals surface area contributed by atoms with Gasteiger partial charge in [0, 0.05) is 26.6 Å². The number of esters is 1. The molecule has 4 nitrogen and oxygen atoms in total. The Morgan fingerprint density at radius 2 is 2.26 bits per heavy atom. The monoisotopic (exact) mass is 286 g/mol. The minimum Gasteiger partial charge on any atom is -0.463 e. The van der Waals surface area contributed by atoms with Crippen molar-refractivity contribution in [2.75, 3.05) is 13.6 Å². The van der Waals surface area contributed by atoms with Crippen LogP contribution >= 0.6 is 12.2 Å². The molecule has 0 aliphatic carbocycles. The second-order valence-electron chi connectivity index (χ2n) is 5.33. The number of hydrogen-bond acceptors (Lipinski definition) is 3. The highest BCUT2D eigenvalue weighted by atomic mass is 32.1. The Bertz CT molecular complexity index is 310. The first-order valence-corrected chi connectivity index (χ1v) is 7.62. The maximum absolute atomic E-state index is 11.1. The van der Waals surface area contributed by atoms with Crippen LogP contribution in [-0.4, -0.2) is 41.7 Å². The van der Waals surface area contributed by atoms with Crippen molar-refractivity contribution in [1.29, 1.82) is 0 Å². The second kappa shape index (κ2) is 8.35. The number of unbranched alkanes of at least 4 members (excludes halogenated alkanes) is 2. The highest BCUT2D eigenvalue weighted by molar-refractivity contribution is 7.80. The molecule has 0 aromatic heterocycles. The standard InChI is InChI=1S/C14H26N2O2S/c1-4-5-6-7-13(18-11(2)17)9-8-12-10-16(3)14(19)15-12/h12-13H,4-10H2,1-3H3,(H,15,19). The summed E-state index contributed by atoms with van der Waals surface area (Å²) in [7, 11) is 2.00. The largest absolute Gasteiger partial charge is 0.463 e. The van der Waals surface area contributed by atoms with E-state index in [9.17, 15) is 4.79 Å². The van der Waals surface area contributed by atoms with Crippen molar-refractivity contribution in [3.8, 4) is 0 Å². The first-order chi connectivity index (χ1) is 9.02. The Hall–Kier alpha value is -0.840. The number of ether oxygens (including phenoxy) is 1. The van der Waals surface area contributed by atoms with Gasteiger partial charge in [-0.05, 0) is 37.9 Å². The van der Waals surface area contributed by atoms with E-state index in [1.165, 1.54) is 19.8 Å². The van der Waals surface area contributed by atoms with Gasteiger partial charge in [0.1, 0.15) is 6.10 Å². The number of nitrogens with one attached hydrogen (secondary N) is 1. The van der Waals surface area contributed by atoms with Gasteiger partial charge in [-0.3, -0.25) is 4.79 Å². The van der Waals surface area contributed by atoms with Crippen molar-refractivity contribution in [2.24, 2.45) is 0 Å². The van der Waals surface area contributed by atoms with Gasteiger partial charge in [-0.1, -0.05) is 19.8 Å². The molecule has 1 saturated heterocycles. The molecule has 5 heteroatoms. The molecule has 0 amide bonds. The van der Waals surface area contributed by atoms with E-state index in [0.29, 0.717) is 6.04 Å². The van der Waals surface area contributed by atoms with Crippen molar-refractivity contribution < 1.29 is 9.53 Å². The smallest absolute Gasteiger partial charge is 0.302 e. The maximum atomic E-state index is 11.1. The van der Waals surface area contributed by atoms with E-state index >= 15 is 0 Å². The summed E-state index contributed by atoms with van der Waals surface area (Å²) in [5.41, 5.74) is 0. The first-order valence-electron chi connectivity index (χ1n) is 7.21. The highest BCUT2D eigenvalue weighted by Crippen LogP contribution is 2.16. The molecule has 0 bridgehead atoms. The molecule has 110 valence electrons. The Balaban J connectivity index is 2.31. The van der Waals surface area contributed by atoms with Crippen LogP contribution in [0.25, 0.3) is 0 Å². The van der Waals surface area contributed by atoms with Crippen LogP contribution in [0.15, 0.2) is 0 Å². The van der Waals surface area contributed by atoms with Crippen LogP contribution in [0.5, 0.6) is 0 Å². The van der Waals surface area contributed by atoms with E-state index in [1.54, 1.807) is 0 Å². The van der Waals surface area contributed by atoms with Crippen LogP contribution in [-0.2, 0) is 9.53 Å². The van der Waals surface area contributed by atoms with Gasteiger partial charge >= 0.3 is 5.97 Å². The predicted octanol–water partition coefficient (Wildman–Crippen LogP) is 2.47. The molecule has 0 aromatic rings. The SMILES string of the molecule is CCCCCC(CCC1CN(C)C(=S)N1)OC(C)=O. The molecule has 0 saturated carbocycles. The summed E-state index contributed by atoms with van der Waals surface area (Å²) in [5.74, 6) is -0.173. The van der Waals surface area contributed by atoms with E-state index in [1.807, 2.05) is 7.05 Å². The van der Waals surface area contributed by atoms with Gasteiger partial charge in [-0.15, -0.1) is 0 Å². The van der Waals surface area contributed by atoms with Crippen molar-refractivity contribution in [3.63, 3.8) is 0 Å². The molecule has 0 aromatic carbocycles. The fraction of sp³-hybridized carbons (Fsp3) is 0.857. The molecular weight excluding hydrogens is 260 g/mol. The van der Waals surface area contributed by atoms with Gasteiger partial charge in [-0.2, -0.15) is 0 Å². The number of thiocarbonyl (C=S) groups is 1. The molecule has 1 N–H and O–H groups in total. The molecule has 2 atom stereocenters. The Kier molecular flexibility index (Phi) is 7.13. The molecule has 2 unspecified atom stereocenters. The molecule has 1 fully saturated rings. The number of likely N-dealkylation sites (N-methyl/N-ethyl adjacent to an activating group) is 1. The van der Waals surface area contributed by atoms with E-state index in [2.05, 4.69) is 17.1 Å². The van der Waals surface area contributed by atoms with Gasteiger partial charge in [0.15, 0.2) is 5.11 Å². The lowest BCUT2D eigenvalue weighted by Crippen LogP contribution is -2.28. The van der Waals surface area contributed by atoms with Gasteiger partial charge in [-0.25, -0.2) is 0 Å². The van der Waals surface area contributed by atoms with Crippen molar-refractivity contribution >= 4 is 23.3 Å². The normalized spacial score (nSPS) is 20.3. The van der Waals surface area contributed by atoms with Gasteiger partial charge < -0.3 is 15.0 Å². The van der Waals surface area contributed by atoms with Crippen molar-refractivity contribution in [1.82, 2.24) is 10.2 Å². The van der Waals surface area contributed by atoms with E-state index in [0.717, 1.165) is 37.3 Å². The zero-order chi connectivity index (χ0) is 14.3. The van der Waals surface area contributed by atoms with Gasteiger partial charge in [0.2, 0.25) is 0 Å². The third-order valence-electron chi connectivity index (χ3n) is 3.47. The predicted molar refractivity (Wildman–Crippen MR) is 81.1 cm³/mol. The number of carbonyl (C=O) groups is 1. The third-order valence-corrected chi connectivity index (χ3v) is 3.90. The summed E-state index contributed by atoms with van der Waals surface area (Å²) in [4.78, 5) is 13.2. The quantitative estimate of drug-likeness (QED) is 0.422. The van der Waals surface area contributed by atoms with Crippen LogP contribution in [0.3, 0.4) is 0 Å². The highest BCUT2D eigenvalue weighted by Gasteiger charge is 2.24. The Morgan fingerprint density at radius 1 is 1.53 bits per heavy atom. The lowest BCUT2D eigenvalue weighted by Gasteiger charge is -2.19. The molecule has 19 heavy (non-hydrogen) atoms. The molecule has 1 rings (SSSR count). The Labute approximate surface area is 121 Å². The van der Waals surface area contributed by atoms with Crippen molar-refractivity contribution in [3.05, 3.63) is 0 Å². The summed E-state index contributed by atoms with van der Waals surface area (Å²) in [5, 5.41) is 4.12. The van der Waals surface area contributed by atoms with Gasteiger partial charge in [0.25, 0.3) is 0 Å². The number of hydrogen-bond donors (Lipinski definition) is 1. The van der Waals surface area contributed by atoms with Crippen LogP contribution in [0.4, 0.5) is 0 Å². The molecule has 1 aliphatic rings. The van der Waals surface area contributed by atoms with Crippen LogP contribution in [0, 0.1) is 0 Å². The number of carbonyl (C=O) groups excluding carboxylic acids is 1. The Morgan fingerprint density at radius 3 is 2.79 bits per heavy atom. The maximum Gasteiger partial charge on any atom is 0.302 e. The lowest BCUT2D eigenvalue weighted by molar-refractivity contribution is -0.147. The molecule has 1 heterocycles. The molecule has 1 aliphatic heterocycles. The first kappa shape index (κ1) is 16.2. The second-order valence-corrected chi connectivity index (χ2v) is 5.72. The molecular formula is C14H26N2O2S. The van der Waals surface area contributed by atoms with E-state index in [4.69, 9.17) is 17.0 Å².